The number of nitrogens with zero attached hydrogens (tertiary/aromatic N) is 16. The van der Waals surface area contributed by atoms with Gasteiger partial charge in [-0.3, -0.25) is 48.8 Å². The zero-order valence-electron chi connectivity index (χ0n) is 60.5. The van der Waals surface area contributed by atoms with Gasteiger partial charge in [0, 0.05) is 49.3 Å². The van der Waals surface area contributed by atoms with Crippen LogP contribution in [0.2, 0.25) is 0 Å². The molecule has 9 aliphatic rings. The number of pyridine rings is 1. The number of hydrogen-bond donors (Lipinski definition) is 5. The van der Waals surface area contributed by atoms with Gasteiger partial charge in [0.05, 0.1) is 79.9 Å². The van der Waals surface area contributed by atoms with Crippen molar-refractivity contribution >= 4 is 99.3 Å². The predicted molar refractivity (Wildman–Crippen MR) is 415 cm³/mol. The van der Waals surface area contributed by atoms with Crippen molar-refractivity contribution in [1.29, 1.82) is 0 Å². The smallest absolute Gasteiger partial charge is 0.337 e. The summed E-state index contributed by atoms with van der Waals surface area (Å²) in [4.78, 5) is 83.4. The van der Waals surface area contributed by atoms with Crippen LogP contribution in [-0.2, 0) is 24.4 Å². The molecule has 0 radical (unpaired) electrons. The number of ether oxygens (including phenoxy) is 1. The fourth-order valence-corrected chi connectivity index (χ4v) is 16.3. The molecule has 0 saturated heterocycles. The molecular weight excluding hydrogens is 1360 g/mol. The first-order valence-corrected chi connectivity index (χ1v) is 36.7. The van der Waals surface area contributed by atoms with Gasteiger partial charge in [-0.25, -0.2) is 33.8 Å². The predicted octanol–water partition coefficient (Wildman–Crippen LogP) is 13.0. The summed E-state index contributed by atoms with van der Waals surface area (Å²) in [6.07, 6.45) is 9.55. The number of nitrogens with one attached hydrogen (secondary N) is 3. The largest absolute Gasteiger partial charge is 0.508 e. The van der Waals surface area contributed by atoms with E-state index in [9.17, 15) is 29.4 Å². The summed E-state index contributed by atoms with van der Waals surface area (Å²) < 4.78 is 10.3. The number of aromatic hydroxyl groups is 1. The SMILES string of the molecule is C=C(O)c1ccc(Cn2nc3c(c2Nc2ccccc2)C(=O)N(C)C2=N[C@@H]4CCC[C@@H]4N23)cc1.COC(=O)c1ccc(Cn2nc3c(c2Nc2ccccc2)C(=O)N(C)C2=N[C@@H]4CCC[C@@H]4N23)cc1.Cc1cccc(-c2ccc(Cn3nc4c(c3Nc3ccccc3O)C(=O)N(C)C3=N[C@@H]5CCC[C@@H]5N34)cc2)n1. The number of para-hydroxylation sites is 4. The monoisotopic (exact) mass is 1440 g/mol. The second-order valence-corrected chi connectivity index (χ2v) is 28.6. The maximum absolute atomic E-state index is 13.7. The topological polar surface area (TPSA) is 277 Å². The fraction of sp³-hybridized carbons (Fsp3) is 0.280. The van der Waals surface area contributed by atoms with Crippen molar-refractivity contribution in [2.45, 2.75) is 121 Å². The Labute approximate surface area is 623 Å². The Morgan fingerprint density at radius 1 is 0.481 bits per heavy atom. The van der Waals surface area contributed by atoms with Crippen LogP contribution in [0.5, 0.6) is 5.75 Å². The van der Waals surface area contributed by atoms with Gasteiger partial charge in [-0.2, -0.15) is 15.3 Å². The van der Waals surface area contributed by atoms with Crippen LogP contribution in [0.25, 0.3) is 17.0 Å². The number of aryl methyl sites for hydroxylation is 1. The molecule has 3 aliphatic carbocycles. The number of anilines is 9. The first-order chi connectivity index (χ1) is 52.5. The Hall–Kier alpha value is -12.9. The van der Waals surface area contributed by atoms with E-state index in [1.165, 1.54) is 7.11 Å². The van der Waals surface area contributed by atoms with Crippen LogP contribution in [0.1, 0.15) is 127 Å². The Morgan fingerprint density at radius 3 is 1.27 bits per heavy atom. The van der Waals surface area contributed by atoms with Crippen LogP contribution in [-0.4, -0.2) is 165 Å². The van der Waals surface area contributed by atoms with E-state index >= 15 is 0 Å². The maximum atomic E-state index is 13.7. The Bertz CT molecular complexity index is 5300. The summed E-state index contributed by atoms with van der Waals surface area (Å²) >= 11 is 0. The molecule has 0 spiro atoms. The van der Waals surface area contributed by atoms with E-state index in [4.69, 9.17) is 35.0 Å². The van der Waals surface area contributed by atoms with E-state index < -0.39 is 0 Å². The average molecular weight is 1440 g/mol. The lowest BCUT2D eigenvalue weighted by Gasteiger charge is -2.34. The minimum Gasteiger partial charge on any atom is -0.508 e. The van der Waals surface area contributed by atoms with Crippen LogP contribution in [0, 0.1) is 6.92 Å². The summed E-state index contributed by atoms with van der Waals surface area (Å²) in [5.41, 5.74) is 10.9. The number of guanidine groups is 3. The maximum Gasteiger partial charge on any atom is 0.337 e. The molecule has 4 aromatic heterocycles. The molecular formula is C82H81N19O7. The first-order valence-electron chi connectivity index (χ1n) is 36.7. The van der Waals surface area contributed by atoms with E-state index in [1.807, 2.05) is 142 Å². The lowest BCUT2D eigenvalue weighted by molar-refractivity contribution is 0.0600. The molecule has 546 valence electrons. The molecule has 108 heavy (non-hydrogen) atoms. The normalized spacial score (nSPS) is 20.1. The summed E-state index contributed by atoms with van der Waals surface area (Å²) in [5, 5.41) is 45.4. The number of hydrogen-bond acceptors (Lipinski definition) is 20. The number of fused-ring (bicyclic) bond motifs is 15. The number of methoxy groups -OCH3 is 1. The van der Waals surface area contributed by atoms with Crippen LogP contribution < -0.4 is 30.7 Å². The van der Waals surface area contributed by atoms with Crippen molar-refractivity contribution < 1.29 is 34.1 Å². The third kappa shape index (κ3) is 12.2. The molecule has 3 amide bonds. The van der Waals surface area contributed by atoms with Gasteiger partial charge in [-0.15, -0.1) is 0 Å². The van der Waals surface area contributed by atoms with Gasteiger partial charge in [-0.05, 0) is 142 Å². The molecule has 3 saturated carbocycles. The molecule has 26 heteroatoms. The number of aliphatic imine (C=N–C) groups is 3. The van der Waals surface area contributed by atoms with Crippen molar-refractivity contribution in [3.05, 3.63) is 233 Å². The highest BCUT2D eigenvalue weighted by Crippen LogP contribution is 2.47. The number of amides is 3. The fourth-order valence-electron chi connectivity index (χ4n) is 16.3. The summed E-state index contributed by atoms with van der Waals surface area (Å²) in [7, 11) is 6.72. The van der Waals surface area contributed by atoms with Gasteiger partial charge in [0.1, 0.15) is 45.7 Å². The third-order valence-electron chi connectivity index (χ3n) is 21.8. The number of rotatable bonds is 15. The van der Waals surface area contributed by atoms with Crippen LogP contribution >= 0.6 is 0 Å². The highest BCUT2D eigenvalue weighted by molar-refractivity contribution is 6.23. The second kappa shape index (κ2) is 27.9. The summed E-state index contributed by atoms with van der Waals surface area (Å²) in [5.74, 6) is 5.25. The second-order valence-electron chi connectivity index (χ2n) is 28.6. The van der Waals surface area contributed by atoms with Gasteiger partial charge in [0.25, 0.3) is 17.7 Å². The molecule has 10 heterocycles. The van der Waals surface area contributed by atoms with Gasteiger partial charge in [0.15, 0.2) is 17.5 Å². The molecule has 5 N–H and O–H groups in total. The van der Waals surface area contributed by atoms with Crippen molar-refractivity contribution in [1.82, 2.24) is 49.0 Å². The molecule has 19 rings (SSSR count). The number of carbonyl (C=O) groups excluding carboxylic acids is 4. The quantitative estimate of drug-likeness (QED) is 0.0362. The summed E-state index contributed by atoms with van der Waals surface area (Å²) in [6.45, 7) is 6.90. The number of aromatic nitrogens is 7. The third-order valence-corrected chi connectivity index (χ3v) is 21.8. The van der Waals surface area contributed by atoms with E-state index in [1.54, 1.807) is 66.2 Å². The number of aliphatic hydroxyl groups is 1. The number of phenolic OH excluding ortho intramolecular Hbond substituents is 1. The lowest BCUT2D eigenvalue weighted by atomic mass is 10.1. The number of benzene rings is 6. The Kier molecular flexibility index (Phi) is 17.6. The highest BCUT2D eigenvalue weighted by Gasteiger charge is 2.53. The van der Waals surface area contributed by atoms with E-state index in [0.29, 0.717) is 106 Å². The lowest BCUT2D eigenvalue weighted by Crippen LogP contribution is -2.51. The van der Waals surface area contributed by atoms with E-state index in [0.717, 1.165) is 103 Å². The van der Waals surface area contributed by atoms with Crippen LogP contribution in [0.3, 0.4) is 0 Å². The van der Waals surface area contributed by atoms with Crippen molar-refractivity contribution in [3.8, 4) is 17.0 Å². The molecule has 0 bridgehead atoms. The minimum absolute atomic E-state index is 0.0353. The van der Waals surface area contributed by atoms with Crippen LogP contribution in [0.4, 0.5) is 52.0 Å². The van der Waals surface area contributed by atoms with Gasteiger partial charge < -0.3 is 30.9 Å². The van der Waals surface area contributed by atoms with E-state index in [-0.39, 0.29) is 71.5 Å². The van der Waals surface area contributed by atoms with Crippen molar-refractivity contribution in [3.63, 3.8) is 0 Å². The molecule has 10 aromatic rings. The number of carbonyl (C=O) groups is 4. The zero-order valence-corrected chi connectivity index (χ0v) is 60.5. The molecule has 3 fully saturated rings. The van der Waals surface area contributed by atoms with Crippen molar-refractivity contribution in [2.75, 3.05) is 58.9 Å². The standard InChI is InChI=1S/C30H29N7O2.C26H26N6O3.C26H26N6O2/c1-18-7-5-9-21(31-18)20-15-13-19(14-16-20)17-36-27(32-23-8-3-4-12-25(23)38)26-28(34-36)37-24-11-6-10-22(24)33-30(37)35(2)29(26)39;1-30-24(33)21-22(27-18-7-4-3-5-8-18)31(15-16-11-13-17(14-12-16)25(34)35-2)29-23(21)32-20-10-6-9-19(20)28-26(30)32;1-16(33)18-13-11-17(12-14-18)15-31-23(27-19-7-4-3-5-8-19)22-24(29-31)32-21-10-6-9-20(21)28-26(32)30(2)25(22)34/h3-5,7-9,12-16,22,24,32,38H,6,10-11,17H2,1-2H3;3-5,7-8,11-14,19-20,27H,6,9-10,15H2,1-2H3;3-5,7-8,11-14,20-21,27,33H,1,6,9-10,15H2,2H3/t22-,24+;19-,20+;20-,21+/m111/s1. The minimum atomic E-state index is -0.377. The molecule has 6 atom stereocenters. The zero-order chi connectivity index (χ0) is 74.2. The van der Waals surface area contributed by atoms with Gasteiger partial charge in [-0.1, -0.05) is 122 Å². The Balaban J connectivity index is 0.000000119. The molecule has 0 unspecified atom stereocenters. The molecule has 26 nitrogen and oxygen atoms in total. The molecule has 6 aliphatic heterocycles. The van der Waals surface area contributed by atoms with Gasteiger partial charge >= 0.3 is 5.97 Å². The molecule has 6 aromatic carbocycles. The summed E-state index contributed by atoms with van der Waals surface area (Å²) in [6, 6.07) is 56.9. The van der Waals surface area contributed by atoms with E-state index in [2.05, 4.69) is 66.5 Å². The first kappa shape index (κ1) is 68.3. The number of aliphatic hydroxyl groups excluding tert-OH is 1. The van der Waals surface area contributed by atoms with Crippen molar-refractivity contribution in [2.24, 2.45) is 15.0 Å². The average Bonchev–Trinajstić information content (AvgIpc) is 1.57. The number of phenols is 1. The van der Waals surface area contributed by atoms with Crippen LogP contribution in [0.15, 0.2) is 197 Å². The highest BCUT2D eigenvalue weighted by atomic mass is 16.5. The Morgan fingerprint density at radius 2 is 0.870 bits per heavy atom. The van der Waals surface area contributed by atoms with Gasteiger partial charge in [0.2, 0.25) is 17.9 Å². The number of esters is 1.